The van der Waals surface area contributed by atoms with E-state index in [-0.39, 0.29) is 6.04 Å². The zero-order valence-electron chi connectivity index (χ0n) is 13.6. The zero-order chi connectivity index (χ0) is 14.8. The quantitative estimate of drug-likeness (QED) is 0.491. The van der Waals surface area contributed by atoms with Crippen molar-refractivity contribution < 1.29 is 0 Å². The SMILES string of the molecule is CC.CC.CC=CC(/C=C\C=C/C)C(N)CCC. The van der Waals surface area contributed by atoms with Gasteiger partial charge in [-0.25, -0.2) is 0 Å². The molecule has 0 rings (SSSR count). The van der Waals surface area contributed by atoms with E-state index >= 15 is 0 Å². The lowest BCUT2D eigenvalue weighted by molar-refractivity contribution is 0.533. The highest BCUT2D eigenvalue weighted by atomic mass is 14.6. The summed E-state index contributed by atoms with van der Waals surface area (Å²) < 4.78 is 0. The Morgan fingerprint density at radius 3 is 1.83 bits per heavy atom. The van der Waals surface area contributed by atoms with Crippen LogP contribution in [0.25, 0.3) is 0 Å². The predicted octanol–water partition coefficient (Wildman–Crippen LogP) is 5.49. The van der Waals surface area contributed by atoms with Gasteiger partial charge in [-0.3, -0.25) is 0 Å². The summed E-state index contributed by atoms with van der Waals surface area (Å²) in [5.74, 6) is 0.371. The Kier molecular flexibility index (Phi) is 26.7. The molecular formula is C17H35N. The van der Waals surface area contributed by atoms with Crippen LogP contribution in [0.4, 0.5) is 0 Å². The van der Waals surface area contributed by atoms with Crippen LogP contribution in [0.1, 0.15) is 61.3 Å². The van der Waals surface area contributed by atoms with Crippen LogP contribution in [0.15, 0.2) is 36.5 Å². The van der Waals surface area contributed by atoms with E-state index in [9.17, 15) is 0 Å². The Labute approximate surface area is 116 Å². The minimum absolute atomic E-state index is 0.248. The molecule has 0 fully saturated rings. The van der Waals surface area contributed by atoms with Gasteiger partial charge in [0, 0.05) is 12.0 Å². The van der Waals surface area contributed by atoms with E-state index in [1.54, 1.807) is 0 Å². The summed E-state index contributed by atoms with van der Waals surface area (Å²) in [6.45, 7) is 14.2. The minimum atomic E-state index is 0.248. The number of hydrogen-bond donors (Lipinski definition) is 1. The van der Waals surface area contributed by atoms with Gasteiger partial charge < -0.3 is 5.73 Å². The van der Waals surface area contributed by atoms with Crippen LogP contribution in [0.3, 0.4) is 0 Å². The first-order valence-electron chi connectivity index (χ1n) is 7.44. The van der Waals surface area contributed by atoms with Gasteiger partial charge in [-0.1, -0.05) is 77.5 Å². The van der Waals surface area contributed by atoms with Crippen molar-refractivity contribution >= 4 is 0 Å². The van der Waals surface area contributed by atoms with Crippen LogP contribution >= 0.6 is 0 Å². The van der Waals surface area contributed by atoms with Crippen LogP contribution in [0, 0.1) is 5.92 Å². The van der Waals surface area contributed by atoms with E-state index in [0.29, 0.717) is 5.92 Å². The summed E-state index contributed by atoms with van der Waals surface area (Å²) in [4.78, 5) is 0. The van der Waals surface area contributed by atoms with Crippen LogP contribution in [-0.2, 0) is 0 Å². The van der Waals surface area contributed by atoms with Crippen molar-refractivity contribution in [2.75, 3.05) is 0 Å². The standard InChI is InChI=1S/C13H23N.2C2H6/c1-4-7-8-11-12(9-5-2)13(14)10-6-3;2*1-2/h4-5,7-9,11-13H,6,10,14H2,1-3H3;2*1-2H3/b7-4-,9-5?,11-8-;;. The molecule has 1 nitrogen and oxygen atoms in total. The summed E-state index contributed by atoms with van der Waals surface area (Å²) in [6.07, 6.45) is 14.8. The van der Waals surface area contributed by atoms with Crippen LogP contribution in [0.5, 0.6) is 0 Å². The zero-order valence-corrected chi connectivity index (χ0v) is 13.6. The van der Waals surface area contributed by atoms with Crippen LogP contribution < -0.4 is 5.73 Å². The first-order chi connectivity index (χ1) is 8.76. The van der Waals surface area contributed by atoms with Gasteiger partial charge in [0.15, 0.2) is 0 Å². The van der Waals surface area contributed by atoms with E-state index in [4.69, 9.17) is 5.73 Å². The summed E-state index contributed by atoms with van der Waals surface area (Å²) in [5.41, 5.74) is 6.07. The smallest absolute Gasteiger partial charge is 0.0137 e. The highest BCUT2D eigenvalue weighted by Gasteiger charge is 2.09. The van der Waals surface area contributed by atoms with Crippen LogP contribution in [0.2, 0.25) is 0 Å². The monoisotopic (exact) mass is 253 g/mol. The average molecular weight is 253 g/mol. The van der Waals surface area contributed by atoms with Crippen molar-refractivity contribution in [1.82, 2.24) is 0 Å². The molecular weight excluding hydrogens is 218 g/mol. The molecule has 2 atom stereocenters. The third-order valence-electron chi connectivity index (χ3n) is 2.17. The molecule has 0 heterocycles. The molecule has 0 saturated carbocycles. The van der Waals surface area contributed by atoms with Gasteiger partial charge in [0.1, 0.15) is 0 Å². The van der Waals surface area contributed by atoms with Crippen molar-refractivity contribution in [2.24, 2.45) is 11.7 Å². The van der Waals surface area contributed by atoms with E-state index in [1.807, 2.05) is 53.7 Å². The molecule has 0 aromatic carbocycles. The Morgan fingerprint density at radius 2 is 1.44 bits per heavy atom. The lowest BCUT2D eigenvalue weighted by Gasteiger charge is -2.16. The molecule has 0 aliphatic rings. The Bertz CT molecular complexity index is 202. The van der Waals surface area contributed by atoms with Gasteiger partial charge >= 0.3 is 0 Å². The fraction of sp³-hybridized carbons (Fsp3) is 0.647. The fourth-order valence-corrected chi connectivity index (χ4v) is 1.40. The summed E-state index contributed by atoms with van der Waals surface area (Å²) >= 11 is 0. The molecule has 0 aliphatic carbocycles. The third kappa shape index (κ3) is 15.2. The summed E-state index contributed by atoms with van der Waals surface area (Å²) in [6, 6.07) is 0.248. The summed E-state index contributed by atoms with van der Waals surface area (Å²) in [5, 5.41) is 0. The Hall–Kier alpha value is -0.820. The second kappa shape index (κ2) is 21.5. The Balaban J connectivity index is -0.000000506. The van der Waals surface area contributed by atoms with E-state index < -0.39 is 0 Å². The normalized spacial score (nSPS) is 14.0. The first kappa shape index (κ1) is 22.4. The number of rotatable bonds is 6. The lowest BCUT2D eigenvalue weighted by Crippen LogP contribution is -2.27. The molecule has 1 heteroatoms. The largest absolute Gasteiger partial charge is 0.327 e. The number of allylic oxidation sites excluding steroid dienone is 4. The molecule has 0 aliphatic heterocycles. The van der Waals surface area contributed by atoms with Gasteiger partial charge in [-0.2, -0.15) is 0 Å². The minimum Gasteiger partial charge on any atom is -0.327 e. The van der Waals surface area contributed by atoms with Crippen molar-refractivity contribution in [3.8, 4) is 0 Å². The second-order valence-corrected chi connectivity index (χ2v) is 3.47. The van der Waals surface area contributed by atoms with Gasteiger partial charge in [0.05, 0.1) is 0 Å². The number of hydrogen-bond acceptors (Lipinski definition) is 1. The maximum absolute atomic E-state index is 6.07. The van der Waals surface area contributed by atoms with Crippen molar-refractivity contribution in [3.05, 3.63) is 36.5 Å². The predicted molar refractivity (Wildman–Crippen MR) is 87.8 cm³/mol. The van der Waals surface area contributed by atoms with Crippen LogP contribution in [-0.4, -0.2) is 6.04 Å². The maximum atomic E-state index is 6.07. The topological polar surface area (TPSA) is 26.0 Å². The fourth-order valence-electron chi connectivity index (χ4n) is 1.40. The highest BCUT2D eigenvalue weighted by Crippen LogP contribution is 2.11. The van der Waals surface area contributed by atoms with E-state index in [1.165, 1.54) is 0 Å². The van der Waals surface area contributed by atoms with Crippen molar-refractivity contribution in [2.45, 2.75) is 67.3 Å². The molecule has 2 N–H and O–H groups in total. The van der Waals surface area contributed by atoms with Gasteiger partial charge in [-0.15, -0.1) is 0 Å². The molecule has 0 radical (unpaired) electrons. The third-order valence-corrected chi connectivity index (χ3v) is 2.17. The van der Waals surface area contributed by atoms with Gasteiger partial charge in [-0.05, 0) is 20.3 Å². The molecule has 2 unspecified atom stereocenters. The maximum Gasteiger partial charge on any atom is 0.0137 e. The van der Waals surface area contributed by atoms with E-state index in [2.05, 4.69) is 31.2 Å². The first-order valence-corrected chi connectivity index (χ1v) is 7.44. The highest BCUT2D eigenvalue weighted by molar-refractivity contribution is 5.10. The van der Waals surface area contributed by atoms with Crippen molar-refractivity contribution in [3.63, 3.8) is 0 Å². The summed E-state index contributed by atoms with van der Waals surface area (Å²) in [7, 11) is 0. The molecule has 0 bridgehead atoms. The molecule has 0 spiro atoms. The average Bonchev–Trinajstić information content (AvgIpc) is 2.43. The molecule has 0 saturated heterocycles. The van der Waals surface area contributed by atoms with Gasteiger partial charge in [0.2, 0.25) is 0 Å². The van der Waals surface area contributed by atoms with Gasteiger partial charge in [0.25, 0.3) is 0 Å². The Morgan fingerprint density at radius 1 is 0.889 bits per heavy atom. The van der Waals surface area contributed by atoms with E-state index in [0.717, 1.165) is 12.8 Å². The molecule has 18 heavy (non-hydrogen) atoms. The second-order valence-electron chi connectivity index (χ2n) is 3.47. The molecule has 0 amide bonds. The molecule has 108 valence electrons. The van der Waals surface area contributed by atoms with Crippen molar-refractivity contribution in [1.29, 1.82) is 0 Å². The number of nitrogens with two attached hydrogens (primary N) is 1. The molecule has 0 aromatic rings. The lowest BCUT2D eigenvalue weighted by atomic mass is 9.95. The molecule has 0 aromatic heterocycles.